The number of aryl methyl sites for hydroxylation is 1. The van der Waals surface area contributed by atoms with E-state index < -0.39 is 0 Å². The molecule has 1 atom stereocenters. The van der Waals surface area contributed by atoms with E-state index in [9.17, 15) is 9.59 Å². The lowest BCUT2D eigenvalue weighted by Gasteiger charge is -2.37. The quantitative estimate of drug-likeness (QED) is 0.847. The molecule has 6 nitrogen and oxygen atoms in total. The summed E-state index contributed by atoms with van der Waals surface area (Å²) in [5.41, 5.74) is 1.53. The number of carbonyl (C=O) groups is 1. The van der Waals surface area contributed by atoms with Crippen molar-refractivity contribution in [1.82, 2.24) is 19.0 Å². The van der Waals surface area contributed by atoms with Crippen molar-refractivity contribution in [1.29, 1.82) is 0 Å². The number of rotatable bonds is 2. The first-order valence-corrected chi connectivity index (χ1v) is 8.47. The zero-order valence-electron chi connectivity index (χ0n) is 13.4. The first kappa shape index (κ1) is 14.5. The summed E-state index contributed by atoms with van der Waals surface area (Å²) in [6.07, 6.45) is 6.80. The number of hydrogen-bond acceptors (Lipinski definition) is 3. The number of likely N-dealkylation sites (tertiary alicyclic amines) is 1. The number of fused-ring (bicyclic) bond motifs is 1. The van der Waals surface area contributed by atoms with Gasteiger partial charge in [-0.15, -0.1) is 0 Å². The molecule has 1 saturated heterocycles. The highest BCUT2D eigenvalue weighted by atomic mass is 16.2. The molecule has 122 valence electrons. The van der Waals surface area contributed by atoms with Crippen molar-refractivity contribution < 1.29 is 4.79 Å². The van der Waals surface area contributed by atoms with E-state index in [0.717, 1.165) is 43.4 Å². The number of hydrogen-bond donors (Lipinski definition) is 0. The van der Waals surface area contributed by atoms with Gasteiger partial charge in [-0.2, -0.15) is 0 Å². The number of imidazole rings is 1. The number of aromatic nitrogens is 3. The molecule has 2 aromatic heterocycles. The van der Waals surface area contributed by atoms with Gasteiger partial charge < -0.3 is 4.90 Å². The van der Waals surface area contributed by atoms with E-state index in [1.165, 1.54) is 6.42 Å². The maximum absolute atomic E-state index is 12.6. The smallest absolute Gasteiger partial charge is 0.330 e. The van der Waals surface area contributed by atoms with Crippen molar-refractivity contribution in [2.75, 3.05) is 13.1 Å². The minimum absolute atomic E-state index is 0.0267. The van der Waals surface area contributed by atoms with E-state index in [0.29, 0.717) is 6.54 Å². The summed E-state index contributed by atoms with van der Waals surface area (Å²) in [5.74, 6) is 0.498. The van der Waals surface area contributed by atoms with Crippen LogP contribution in [0.4, 0.5) is 0 Å². The molecular weight excluding hydrogens is 292 g/mol. The van der Waals surface area contributed by atoms with Crippen LogP contribution >= 0.6 is 0 Å². The van der Waals surface area contributed by atoms with Crippen LogP contribution in [0.15, 0.2) is 23.1 Å². The Bertz CT molecular complexity index is 803. The average Bonchev–Trinajstić information content (AvgIpc) is 2.78. The number of nitrogens with zero attached hydrogens (tertiary/aromatic N) is 4. The summed E-state index contributed by atoms with van der Waals surface area (Å²) in [5, 5.41) is 0. The van der Waals surface area contributed by atoms with Gasteiger partial charge >= 0.3 is 5.69 Å². The molecule has 0 aromatic carbocycles. The number of carbonyl (C=O) groups excluding carboxylic acids is 1. The van der Waals surface area contributed by atoms with Crippen LogP contribution in [-0.2, 0) is 11.8 Å². The Morgan fingerprint density at radius 1 is 1.26 bits per heavy atom. The summed E-state index contributed by atoms with van der Waals surface area (Å²) in [6, 6.07) is 3.79. The topological polar surface area (TPSA) is 60.1 Å². The lowest BCUT2D eigenvalue weighted by molar-refractivity contribution is -0.139. The second-order valence-electron chi connectivity index (χ2n) is 6.77. The standard InChI is InChI=1S/C17H22N4O2/c1-19-14-8-3-9-18-15(14)21(17(19)23)13-7-4-10-20(11-13)16(22)12-5-2-6-12/h3,8-9,12-13H,2,4-7,10-11H2,1H3/t13-/m0/s1. The zero-order valence-corrected chi connectivity index (χ0v) is 13.4. The van der Waals surface area contributed by atoms with Crippen LogP contribution in [0.25, 0.3) is 11.2 Å². The fraction of sp³-hybridized carbons (Fsp3) is 0.588. The van der Waals surface area contributed by atoms with E-state index in [4.69, 9.17) is 0 Å². The molecule has 3 heterocycles. The summed E-state index contributed by atoms with van der Waals surface area (Å²) in [4.78, 5) is 31.5. The largest absolute Gasteiger partial charge is 0.340 e. The summed E-state index contributed by atoms with van der Waals surface area (Å²) in [7, 11) is 1.78. The molecule has 1 saturated carbocycles. The van der Waals surface area contributed by atoms with Crippen molar-refractivity contribution >= 4 is 17.1 Å². The van der Waals surface area contributed by atoms with Crippen molar-refractivity contribution in [2.24, 2.45) is 13.0 Å². The fourth-order valence-corrected chi connectivity index (χ4v) is 3.80. The Labute approximate surface area is 134 Å². The lowest BCUT2D eigenvalue weighted by Crippen LogP contribution is -2.46. The number of piperidine rings is 1. The molecule has 23 heavy (non-hydrogen) atoms. The predicted octanol–water partition coefficient (Wildman–Crippen LogP) is 1.70. The van der Waals surface area contributed by atoms with Crippen LogP contribution in [-0.4, -0.2) is 38.0 Å². The number of amides is 1. The zero-order chi connectivity index (χ0) is 16.0. The van der Waals surface area contributed by atoms with Gasteiger partial charge in [0.15, 0.2) is 5.65 Å². The Balaban J connectivity index is 1.66. The molecule has 2 fully saturated rings. The van der Waals surface area contributed by atoms with E-state index >= 15 is 0 Å². The van der Waals surface area contributed by atoms with Crippen LogP contribution in [0.1, 0.15) is 38.1 Å². The lowest BCUT2D eigenvalue weighted by atomic mass is 9.84. The molecule has 0 bridgehead atoms. The maximum Gasteiger partial charge on any atom is 0.330 e. The normalized spacial score (nSPS) is 22.3. The van der Waals surface area contributed by atoms with Gasteiger partial charge in [0, 0.05) is 32.3 Å². The van der Waals surface area contributed by atoms with Gasteiger partial charge in [-0.3, -0.25) is 13.9 Å². The van der Waals surface area contributed by atoms with Gasteiger partial charge in [-0.1, -0.05) is 6.42 Å². The average molecular weight is 314 g/mol. The van der Waals surface area contributed by atoms with Gasteiger partial charge in [-0.05, 0) is 37.8 Å². The highest BCUT2D eigenvalue weighted by molar-refractivity contribution is 5.79. The van der Waals surface area contributed by atoms with Gasteiger partial charge in [0.2, 0.25) is 5.91 Å². The van der Waals surface area contributed by atoms with Crippen LogP contribution in [0.2, 0.25) is 0 Å². The summed E-state index contributed by atoms with van der Waals surface area (Å²) < 4.78 is 3.44. The molecule has 6 heteroatoms. The molecule has 0 spiro atoms. The second-order valence-corrected chi connectivity index (χ2v) is 6.77. The fourth-order valence-electron chi connectivity index (χ4n) is 3.80. The van der Waals surface area contributed by atoms with Gasteiger partial charge in [0.05, 0.1) is 11.6 Å². The molecule has 1 amide bonds. The van der Waals surface area contributed by atoms with Gasteiger partial charge in [-0.25, -0.2) is 9.78 Å². The van der Waals surface area contributed by atoms with E-state index in [1.807, 2.05) is 17.0 Å². The molecule has 0 N–H and O–H groups in total. The molecule has 2 aromatic rings. The minimum atomic E-state index is -0.0401. The van der Waals surface area contributed by atoms with Gasteiger partial charge in [0.25, 0.3) is 0 Å². The monoisotopic (exact) mass is 314 g/mol. The van der Waals surface area contributed by atoms with Crippen LogP contribution in [0.3, 0.4) is 0 Å². The minimum Gasteiger partial charge on any atom is -0.340 e. The van der Waals surface area contributed by atoms with E-state index in [2.05, 4.69) is 4.98 Å². The van der Waals surface area contributed by atoms with Crippen molar-refractivity contribution in [2.45, 2.75) is 38.1 Å². The molecule has 0 unspecified atom stereocenters. The van der Waals surface area contributed by atoms with Gasteiger partial charge in [0.1, 0.15) is 0 Å². The summed E-state index contributed by atoms with van der Waals surface area (Å²) >= 11 is 0. The Kier molecular flexibility index (Phi) is 3.47. The van der Waals surface area contributed by atoms with Crippen LogP contribution in [0, 0.1) is 5.92 Å². The third-order valence-electron chi connectivity index (χ3n) is 5.38. The molecular formula is C17H22N4O2. The highest BCUT2D eigenvalue weighted by Gasteiger charge is 2.33. The predicted molar refractivity (Wildman–Crippen MR) is 87.2 cm³/mol. The SMILES string of the molecule is Cn1c(=O)n([C@H]2CCCN(C(=O)C3CCC3)C2)c2ncccc21. The molecule has 4 rings (SSSR count). The Morgan fingerprint density at radius 2 is 2.09 bits per heavy atom. The Morgan fingerprint density at radius 3 is 2.83 bits per heavy atom. The van der Waals surface area contributed by atoms with E-state index in [-0.39, 0.29) is 23.6 Å². The third-order valence-corrected chi connectivity index (χ3v) is 5.38. The first-order valence-electron chi connectivity index (χ1n) is 8.47. The second kappa shape index (κ2) is 5.51. The van der Waals surface area contributed by atoms with Crippen molar-refractivity contribution in [3.63, 3.8) is 0 Å². The van der Waals surface area contributed by atoms with Crippen LogP contribution in [0.5, 0.6) is 0 Å². The molecule has 0 radical (unpaired) electrons. The van der Waals surface area contributed by atoms with E-state index in [1.54, 1.807) is 22.4 Å². The molecule has 1 aliphatic carbocycles. The maximum atomic E-state index is 12.6. The molecule has 1 aliphatic heterocycles. The first-order chi connectivity index (χ1) is 11.2. The third kappa shape index (κ3) is 2.28. The summed E-state index contributed by atoms with van der Waals surface area (Å²) in [6.45, 7) is 1.45. The van der Waals surface area contributed by atoms with Crippen molar-refractivity contribution in [3.05, 3.63) is 28.8 Å². The number of pyridine rings is 1. The Hall–Kier alpha value is -2.11. The van der Waals surface area contributed by atoms with Crippen molar-refractivity contribution in [3.8, 4) is 0 Å². The highest BCUT2D eigenvalue weighted by Crippen LogP contribution is 2.31. The molecule has 2 aliphatic rings. The van der Waals surface area contributed by atoms with Crippen LogP contribution < -0.4 is 5.69 Å².